The van der Waals surface area contributed by atoms with Crippen LogP contribution in [0.2, 0.25) is 0 Å². The third-order valence-corrected chi connectivity index (χ3v) is 5.00. The summed E-state index contributed by atoms with van der Waals surface area (Å²) in [6, 6.07) is -2.23. The quantitative estimate of drug-likeness (QED) is 0.452. The van der Waals surface area contributed by atoms with E-state index in [1.54, 1.807) is 20.8 Å². The van der Waals surface area contributed by atoms with Crippen LogP contribution in [0.1, 0.15) is 45.6 Å². The number of ether oxygens (including phenoxy) is 1. The number of hydrogen-bond donors (Lipinski definition) is 2. The van der Waals surface area contributed by atoms with Gasteiger partial charge in [-0.15, -0.1) is 0 Å². The monoisotopic (exact) mass is 511 g/mol. The van der Waals surface area contributed by atoms with Gasteiger partial charge in [-0.1, -0.05) is 0 Å². The Labute approximate surface area is 198 Å². The number of benzene rings is 1. The molecule has 2 rings (SSSR count). The number of alkyl halides is 3. The van der Waals surface area contributed by atoms with Gasteiger partial charge >= 0.3 is 12.3 Å². The number of carbonyl (C=O) groups excluding carboxylic acids is 3. The molecule has 1 aliphatic heterocycles. The summed E-state index contributed by atoms with van der Waals surface area (Å²) in [4.78, 5) is 38.3. The Morgan fingerprint density at radius 1 is 1.14 bits per heavy atom. The Balaban J connectivity index is 2.30. The minimum absolute atomic E-state index is 0.0661. The molecule has 0 bridgehead atoms. The zero-order valence-electron chi connectivity index (χ0n) is 19.4. The molecule has 0 unspecified atom stereocenters. The first kappa shape index (κ1) is 28.2. The van der Waals surface area contributed by atoms with Gasteiger partial charge in [0.1, 0.15) is 17.5 Å². The number of hydrogen-bond acceptors (Lipinski definition) is 4. The summed E-state index contributed by atoms with van der Waals surface area (Å²) >= 11 is 0. The van der Waals surface area contributed by atoms with Gasteiger partial charge in [-0.25, -0.2) is 18.0 Å². The van der Waals surface area contributed by atoms with Crippen molar-refractivity contribution in [2.75, 3.05) is 13.1 Å². The highest BCUT2D eigenvalue weighted by Gasteiger charge is 2.41. The van der Waals surface area contributed by atoms with Gasteiger partial charge in [0.25, 0.3) is 0 Å². The molecular formula is C22H27F6N3O4. The minimum Gasteiger partial charge on any atom is -0.444 e. The molecule has 1 heterocycles. The van der Waals surface area contributed by atoms with Gasteiger partial charge in [0.2, 0.25) is 11.8 Å². The Bertz CT molecular complexity index is 948. The number of carbonyl (C=O) groups is 3. The normalized spacial score (nSPS) is 17.9. The average molecular weight is 511 g/mol. The highest BCUT2D eigenvalue weighted by Crippen LogP contribution is 2.26. The topological polar surface area (TPSA) is 87.7 Å². The van der Waals surface area contributed by atoms with Crippen molar-refractivity contribution in [2.24, 2.45) is 0 Å². The molecule has 1 fully saturated rings. The molecule has 2 atom stereocenters. The fourth-order valence-electron chi connectivity index (χ4n) is 3.56. The number of halogens is 6. The van der Waals surface area contributed by atoms with Gasteiger partial charge in [-0.3, -0.25) is 9.59 Å². The van der Waals surface area contributed by atoms with Crippen LogP contribution in [0.25, 0.3) is 0 Å². The summed E-state index contributed by atoms with van der Waals surface area (Å²) in [6.45, 7) is 4.56. The standard InChI is InChI=1S/C22H27F6N3O4/c1-21(2,3)35-20(34)30-13(7-12-8-15(24)16(25)10-14(12)23)9-18(32)31-6-4-5-29-19(33)17(31)11-22(26,27)28/h8,10,13,17H,4-7,9,11H2,1-3H3,(H,29,33)(H,30,34)/t13-,17+/m1/s1. The van der Waals surface area contributed by atoms with Crippen molar-refractivity contribution < 1.29 is 45.5 Å². The van der Waals surface area contributed by atoms with Crippen molar-refractivity contribution in [3.63, 3.8) is 0 Å². The first-order chi connectivity index (χ1) is 16.1. The Hall–Kier alpha value is -2.99. The molecular weight excluding hydrogens is 484 g/mol. The van der Waals surface area contributed by atoms with Crippen LogP contribution >= 0.6 is 0 Å². The zero-order valence-corrected chi connectivity index (χ0v) is 19.4. The van der Waals surface area contributed by atoms with Gasteiger partial charge < -0.3 is 20.3 Å². The van der Waals surface area contributed by atoms with Crippen molar-refractivity contribution in [1.29, 1.82) is 0 Å². The van der Waals surface area contributed by atoms with E-state index >= 15 is 0 Å². The first-order valence-electron chi connectivity index (χ1n) is 10.8. The average Bonchev–Trinajstić information content (AvgIpc) is 2.85. The Morgan fingerprint density at radius 3 is 2.37 bits per heavy atom. The molecule has 2 N–H and O–H groups in total. The molecule has 1 saturated heterocycles. The van der Waals surface area contributed by atoms with E-state index in [0.717, 1.165) is 4.90 Å². The summed E-state index contributed by atoms with van der Waals surface area (Å²) in [5, 5.41) is 4.65. The summed E-state index contributed by atoms with van der Waals surface area (Å²) in [6.07, 6.45) is -8.30. The van der Waals surface area contributed by atoms with Crippen LogP contribution in [-0.2, 0) is 20.7 Å². The second-order valence-corrected chi connectivity index (χ2v) is 9.18. The Morgan fingerprint density at radius 2 is 1.77 bits per heavy atom. The van der Waals surface area contributed by atoms with Gasteiger partial charge in [0, 0.05) is 31.6 Å². The molecule has 35 heavy (non-hydrogen) atoms. The molecule has 0 saturated carbocycles. The van der Waals surface area contributed by atoms with Crippen LogP contribution < -0.4 is 10.6 Å². The van der Waals surface area contributed by atoms with Crippen LogP contribution in [0.3, 0.4) is 0 Å². The number of nitrogens with zero attached hydrogens (tertiary/aromatic N) is 1. The summed E-state index contributed by atoms with van der Waals surface area (Å²) in [5.74, 6) is -5.84. The molecule has 13 heteroatoms. The van der Waals surface area contributed by atoms with Crippen molar-refractivity contribution in [2.45, 2.75) is 70.3 Å². The maximum atomic E-state index is 14.2. The third-order valence-electron chi connectivity index (χ3n) is 5.00. The predicted octanol–water partition coefficient (Wildman–Crippen LogP) is 3.60. The van der Waals surface area contributed by atoms with Crippen LogP contribution in [0, 0.1) is 17.5 Å². The van der Waals surface area contributed by atoms with E-state index < -0.39 is 78.5 Å². The van der Waals surface area contributed by atoms with Crippen molar-refractivity contribution in [3.05, 3.63) is 35.1 Å². The molecule has 0 radical (unpaired) electrons. The van der Waals surface area contributed by atoms with Crippen LogP contribution in [0.15, 0.2) is 12.1 Å². The molecule has 0 spiro atoms. The summed E-state index contributed by atoms with van der Waals surface area (Å²) in [7, 11) is 0. The fraction of sp³-hybridized carbons (Fsp3) is 0.591. The van der Waals surface area contributed by atoms with Gasteiger partial charge in [0.05, 0.1) is 6.42 Å². The number of alkyl carbamates (subject to hydrolysis) is 1. The van der Waals surface area contributed by atoms with Gasteiger partial charge in [-0.2, -0.15) is 13.2 Å². The van der Waals surface area contributed by atoms with Gasteiger partial charge in [-0.05, 0) is 45.2 Å². The highest BCUT2D eigenvalue weighted by atomic mass is 19.4. The molecule has 0 aliphatic carbocycles. The lowest BCUT2D eigenvalue weighted by molar-refractivity contribution is -0.161. The number of rotatable bonds is 6. The maximum absolute atomic E-state index is 14.2. The molecule has 0 aromatic heterocycles. The summed E-state index contributed by atoms with van der Waals surface area (Å²) < 4.78 is 85.5. The SMILES string of the molecule is CC(C)(C)OC(=O)N[C@@H](CC(=O)N1CCCNC(=O)[C@@H]1CC(F)(F)F)Cc1cc(F)c(F)cc1F. The lowest BCUT2D eigenvalue weighted by Gasteiger charge is -2.31. The molecule has 1 aromatic carbocycles. The molecule has 7 nitrogen and oxygen atoms in total. The van der Waals surface area contributed by atoms with Crippen LogP contribution in [0.4, 0.5) is 31.1 Å². The van der Waals surface area contributed by atoms with Crippen LogP contribution in [-0.4, -0.2) is 59.8 Å². The summed E-state index contributed by atoms with van der Waals surface area (Å²) in [5.41, 5.74) is -1.33. The largest absolute Gasteiger partial charge is 0.444 e. The van der Waals surface area contributed by atoms with Crippen molar-refractivity contribution >= 4 is 17.9 Å². The van der Waals surface area contributed by atoms with Crippen LogP contribution in [0.5, 0.6) is 0 Å². The predicted molar refractivity (Wildman–Crippen MR) is 112 cm³/mol. The number of amides is 3. The maximum Gasteiger partial charge on any atom is 0.407 e. The van der Waals surface area contributed by atoms with Crippen molar-refractivity contribution in [1.82, 2.24) is 15.5 Å². The zero-order chi connectivity index (χ0) is 26.6. The second kappa shape index (κ2) is 11.2. The molecule has 1 aliphatic rings. The van der Waals surface area contributed by atoms with E-state index in [9.17, 15) is 40.7 Å². The first-order valence-corrected chi connectivity index (χ1v) is 10.8. The fourth-order valence-corrected chi connectivity index (χ4v) is 3.56. The smallest absolute Gasteiger partial charge is 0.407 e. The lowest BCUT2D eigenvalue weighted by Crippen LogP contribution is -2.51. The Kier molecular flexibility index (Phi) is 9.01. The van der Waals surface area contributed by atoms with Crippen molar-refractivity contribution in [3.8, 4) is 0 Å². The van der Waals surface area contributed by atoms with E-state index in [-0.39, 0.29) is 25.1 Å². The van der Waals surface area contributed by atoms with E-state index in [1.807, 2.05) is 0 Å². The molecule has 1 aromatic rings. The minimum atomic E-state index is -4.74. The van der Waals surface area contributed by atoms with E-state index in [1.165, 1.54) is 0 Å². The number of nitrogens with one attached hydrogen (secondary N) is 2. The second-order valence-electron chi connectivity index (χ2n) is 9.18. The van der Waals surface area contributed by atoms with E-state index in [2.05, 4.69) is 10.6 Å². The highest BCUT2D eigenvalue weighted by molar-refractivity contribution is 5.88. The van der Waals surface area contributed by atoms with E-state index in [0.29, 0.717) is 12.1 Å². The van der Waals surface area contributed by atoms with E-state index in [4.69, 9.17) is 4.74 Å². The molecule has 3 amide bonds. The third kappa shape index (κ3) is 8.95. The lowest BCUT2D eigenvalue weighted by atomic mass is 10.0. The van der Waals surface area contributed by atoms with Gasteiger partial charge in [0.15, 0.2) is 11.6 Å². The molecule has 196 valence electrons.